The summed E-state index contributed by atoms with van der Waals surface area (Å²) in [4.78, 5) is 0. The lowest BCUT2D eigenvalue weighted by molar-refractivity contribution is 0.414. The molecule has 0 unspecified atom stereocenters. The van der Waals surface area contributed by atoms with Crippen LogP contribution in [0, 0.1) is 0 Å². The highest BCUT2D eigenvalue weighted by Gasteiger charge is 2.40. The zero-order valence-electron chi connectivity index (χ0n) is 12.8. The van der Waals surface area contributed by atoms with Crippen molar-refractivity contribution in [1.29, 1.82) is 0 Å². The molecule has 3 aromatic carbocycles. The fourth-order valence-electron chi connectivity index (χ4n) is 3.69. The van der Waals surface area contributed by atoms with Crippen LogP contribution in [-0.2, 0) is 5.41 Å². The second-order valence-electron chi connectivity index (χ2n) is 5.94. The molecule has 0 radical (unpaired) electrons. The van der Waals surface area contributed by atoms with Crippen LogP contribution in [0.25, 0.3) is 11.1 Å². The van der Waals surface area contributed by atoms with E-state index >= 15 is 0 Å². The van der Waals surface area contributed by atoms with Crippen LogP contribution in [-0.4, -0.2) is 7.11 Å². The first kappa shape index (κ1) is 13.1. The summed E-state index contributed by atoms with van der Waals surface area (Å²) in [6, 6.07) is 25.9. The Morgan fingerprint density at radius 3 is 1.68 bits per heavy atom. The number of ether oxygens (including phenoxy) is 1. The van der Waals surface area contributed by atoms with E-state index in [1.807, 2.05) is 12.1 Å². The Hall–Kier alpha value is -2.54. The smallest absolute Gasteiger partial charge is 0.118 e. The molecule has 0 N–H and O–H groups in total. The lowest BCUT2D eigenvalue weighted by Gasteiger charge is -2.28. The second-order valence-corrected chi connectivity index (χ2v) is 5.94. The van der Waals surface area contributed by atoms with Gasteiger partial charge in [0.1, 0.15) is 5.75 Å². The van der Waals surface area contributed by atoms with Gasteiger partial charge in [0, 0.05) is 5.41 Å². The van der Waals surface area contributed by atoms with E-state index in [1.54, 1.807) is 7.11 Å². The van der Waals surface area contributed by atoms with Crippen molar-refractivity contribution in [3.8, 4) is 16.9 Å². The first-order valence-corrected chi connectivity index (χ1v) is 7.59. The van der Waals surface area contributed by atoms with Gasteiger partial charge in [0.15, 0.2) is 0 Å². The van der Waals surface area contributed by atoms with Gasteiger partial charge in [-0.1, -0.05) is 60.7 Å². The van der Waals surface area contributed by atoms with Gasteiger partial charge in [0.25, 0.3) is 0 Å². The van der Waals surface area contributed by atoms with E-state index in [1.165, 1.54) is 27.8 Å². The summed E-state index contributed by atoms with van der Waals surface area (Å²) in [6.45, 7) is 2.32. The monoisotopic (exact) mass is 286 g/mol. The Bertz CT molecular complexity index is 785. The molecule has 22 heavy (non-hydrogen) atoms. The molecule has 0 amide bonds. The molecule has 3 aromatic rings. The highest BCUT2D eigenvalue weighted by Crippen LogP contribution is 2.52. The molecule has 0 fully saturated rings. The van der Waals surface area contributed by atoms with Crippen LogP contribution in [0.3, 0.4) is 0 Å². The fraction of sp³-hybridized carbons (Fsp3) is 0.143. The van der Waals surface area contributed by atoms with Gasteiger partial charge in [-0.2, -0.15) is 0 Å². The van der Waals surface area contributed by atoms with E-state index in [4.69, 9.17) is 4.74 Å². The number of hydrogen-bond donors (Lipinski definition) is 0. The standard InChI is InChI=1S/C21H18O/c1-21(15-11-13-16(22-2)14-12-15)19-9-5-3-7-17(19)18-8-4-6-10-20(18)21/h3-14H,1-2H3. The third kappa shape index (κ3) is 1.66. The van der Waals surface area contributed by atoms with Gasteiger partial charge in [-0.3, -0.25) is 0 Å². The quantitative estimate of drug-likeness (QED) is 0.642. The van der Waals surface area contributed by atoms with Gasteiger partial charge in [-0.15, -0.1) is 0 Å². The molecule has 0 atom stereocenters. The lowest BCUT2D eigenvalue weighted by atomic mass is 9.74. The van der Waals surface area contributed by atoms with Gasteiger partial charge in [-0.05, 0) is 46.9 Å². The summed E-state index contributed by atoms with van der Waals surface area (Å²) in [7, 11) is 1.71. The SMILES string of the molecule is COc1ccc(C2(C)c3ccccc3-c3ccccc32)cc1. The van der Waals surface area contributed by atoms with Gasteiger partial charge >= 0.3 is 0 Å². The molecule has 0 aliphatic heterocycles. The minimum Gasteiger partial charge on any atom is -0.497 e. The summed E-state index contributed by atoms with van der Waals surface area (Å²) in [5.74, 6) is 0.895. The molecule has 0 heterocycles. The van der Waals surface area contributed by atoms with Crippen molar-refractivity contribution in [2.45, 2.75) is 12.3 Å². The highest BCUT2D eigenvalue weighted by molar-refractivity contribution is 5.83. The van der Waals surface area contributed by atoms with Crippen LogP contribution in [0.5, 0.6) is 5.75 Å². The Kier molecular flexibility index (Phi) is 2.83. The Morgan fingerprint density at radius 1 is 0.682 bits per heavy atom. The van der Waals surface area contributed by atoms with Crippen molar-refractivity contribution in [2.24, 2.45) is 0 Å². The van der Waals surface area contributed by atoms with Crippen molar-refractivity contribution in [3.05, 3.63) is 89.5 Å². The Balaban J connectivity index is 2.00. The predicted octanol–water partition coefficient (Wildman–Crippen LogP) is 5.03. The molecule has 4 rings (SSSR count). The molecule has 0 spiro atoms. The minimum atomic E-state index is -0.112. The molecule has 0 saturated carbocycles. The van der Waals surface area contributed by atoms with E-state index in [2.05, 4.69) is 67.6 Å². The Labute approximate surface area is 131 Å². The maximum absolute atomic E-state index is 5.30. The number of fused-ring (bicyclic) bond motifs is 3. The normalized spacial score (nSPS) is 14.3. The molecular weight excluding hydrogens is 268 g/mol. The predicted molar refractivity (Wildman–Crippen MR) is 90.4 cm³/mol. The van der Waals surface area contributed by atoms with Crippen LogP contribution in [0.1, 0.15) is 23.6 Å². The van der Waals surface area contributed by atoms with Crippen molar-refractivity contribution < 1.29 is 4.74 Å². The molecule has 0 aromatic heterocycles. The molecule has 1 heteroatoms. The first-order chi connectivity index (χ1) is 10.7. The first-order valence-electron chi connectivity index (χ1n) is 7.59. The van der Waals surface area contributed by atoms with E-state index in [-0.39, 0.29) is 5.41 Å². The second kappa shape index (κ2) is 4.74. The third-order valence-electron chi connectivity index (χ3n) is 4.89. The van der Waals surface area contributed by atoms with E-state index in [0.717, 1.165) is 5.75 Å². The third-order valence-corrected chi connectivity index (χ3v) is 4.89. The average molecular weight is 286 g/mol. The molecule has 108 valence electrons. The molecule has 0 saturated heterocycles. The number of methoxy groups -OCH3 is 1. The summed E-state index contributed by atoms with van der Waals surface area (Å²) in [5, 5.41) is 0. The molecule has 1 nitrogen and oxygen atoms in total. The van der Waals surface area contributed by atoms with E-state index < -0.39 is 0 Å². The lowest BCUT2D eigenvalue weighted by Crippen LogP contribution is -2.22. The maximum Gasteiger partial charge on any atom is 0.118 e. The van der Waals surface area contributed by atoms with Crippen LogP contribution in [0.2, 0.25) is 0 Å². The number of benzene rings is 3. The van der Waals surface area contributed by atoms with Crippen LogP contribution >= 0.6 is 0 Å². The zero-order valence-corrected chi connectivity index (χ0v) is 12.8. The highest BCUT2D eigenvalue weighted by atomic mass is 16.5. The largest absolute Gasteiger partial charge is 0.497 e. The van der Waals surface area contributed by atoms with Crippen LogP contribution in [0.15, 0.2) is 72.8 Å². The van der Waals surface area contributed by atoms with Gasteiger partial charge < -0.3 is 4.74 Å². The molecule has 1 aliphatic carbocycles. The van der Waals surface area contributed by atoms with Crippen molar-refractivity contribution in [3.63, 3.8) is 0 Å². The maximum atomic E-state index is 5.30. The van der Waals surface area contributed by atoms with Crippen molar-refractivity contribution >= 4 is 0 Å². The topological polar surface area (TPSA) is 9.23 Å². The van der Waals surface area contributed by atoms with Gasteiger partial charge in [0.05, 0.1) is 7.11 Å². The van der Waals surface area contributed by atoms with Crippen LogP contribution in [0.4, 0.5) is 0 Å². The molecular formula is C21H18O. The number of rotatable bonds is 2. The molecule has 0 bridgehead atoms. The van der Waals surface area contributed by atoms with Gasteiger partial charge in [-0.25, -0.2) is 0 Å². The molecule has 1 aliphatic rings. The summed E-state index contributed by atoms with van der Waals surface area (Å²) < 4.78 is 5.30. The van der Waals surface area contributed by atoms with Gasteiger partial charge in [0.2, 0.25) is 0 Å². The summed E-state index contributed by atoms with van der Waals surface area (Å²) >= 11 is 0. The Morgan fingerprint density at radius 2 is 1.18 bits per heavy atom. The van der Waals surface area contributed by atoms with E-state index in [9.17, 15) is 0 Å². The van der Waals surface area contributed by atoms with Crippen molar-refractivity contribution in [2.75, 3.05) is 7.11 Å². The van der Waals surface area contributed by atoms with Crippen molar-refractivity contribution in [1.82, 2.24) is 0 Å². The summed E-state index contributed by atoms with van der Waals surface area (Å²) in [5.41, 5.74) is 6.63. The average Bonchev–Trinajstić information content (AvgIpc) is 2.86. The summed E-state index contributed by atoms with van der Waals surface area (Å²) in [6.07, 6.45) is 0. The minimum absolute atomic E-state index is 0.112. The van der Waals surface area contributed by atoms with E-state index in [0.29, 0.717) is 0 Å². The fourth-order valence-corrected chi connectivity index (χ4v) is 3.69. The van der Waals surface area contributed by atoms with Crippen LogP contribution < -0.4 is 4.74 Å². The zero-order chi connectivity index (χ0) is 15.2. The number of hydrogen-bond acceptors (Lipinski definition) is 1.